The van der Waals surface area contributed by atoms with Gasteiger partial charge in [-0.15, -0.1) is 0 Å². The van der Waals surface area contributed by atoms with Gasteiger partial charge in [0.15, 0.2) is 0 Å². The van der Waals surface area contributed by atoms with Crippen LogP contribution < -0.4 is 5.32 Å². The fourth-order valence-corrected chi connectivity index (χ4v) is 0.604. The van der Waals surface area contributed by atoms with E-state index in [1.807, 2.05) is 45.2 Å². The topological polar surface area (TPSA) is 46.2 Å². The zero-order valence-corrected chi connectivity index (χ0v) is 8.80. The highest BCUT2D eigenvalue weighted by molar-refractivity contribution is 14.1. The Labute approximate surface area is 80.2 Å². The van der Waals surface area contributed by atoms with Crippen molar-refractivity contribution in [3.05, 3.63) is 0 Å². The third kappa shape index (κ3) is 5.07. The molecule has 5 heteroatoms. The Kier molecular flexibility index (Phi) is 5.75. The van der Waals surface area contributed by atoms with E-state index in [1.54, 1.807) is 0 Å². The van der Waals surface area contributed by atoms with Gasteiger partial charge < -0.3 is 0 Å². The molecule has 0 atom stereocenters. The van der Waals surface area contributed by atoms with Gasteiger partial charge in [0.25, 0.3) is 0 Å². The number of rotatable bonds is 2. The van der Waals surface area contributed by atoms with Crippen molar-refractivity contribution in [3.8, 4) is 0 Å². The SMILES string of the molecule is O=C(CI)NC(=O)CI. The molecular formula is C4H5I2NO2. The van der Waals surface area contributed by atoms with E-state index in [2.05, 4.69) is 5.32 Å². The van der Waals surface area contributed by atoms with E-state index < -0.39 is 0 Å². The van der Waals surface area contributed by atoms with Crippen molar-refractivity contribution in [1.82, 2.24) is 5.32 Å². The number of carbonyl (C=O) groups excluding carboxylic acids is 2. The Balaban J connectivity index is 3.47. The van der Waals surface area contributed by atoms with Crippen molar-refractivity contribution < 1.29 is 9.59 Å². The summed E-state index contributed by atoms with van der Waals surface area (Å²) in [6.45, 7) is 0. The maximum Gasteiger partial charge on any atom is 0.236 e. The average Bonchev–Trinajstić information content (AvgIpc) is 1.87. The number of halogens is 2. The molecule has 0 aliphatic carbocycles. The van der Waals surface area contributed by atoms with Crippen LogP contribution in [0, 0.1) is 0 Å². The molecule has 0 aromatic carbocycles. The molecule has 0 spiro atoms. The monoisotopic (exact) mass is 353 g/mol. The molecule has 2 amide bonds. The van der Waals surface area contributed by atoms with Gasteiger partial charge in [0, 0.05) is 0 Å². The predicted octanol–water partition coefficient (Wildman–Crippen LogP) is 0.499. The van der Waals surface area contributed by atoms with Gasteiger partial charge in [0.05, 0.1) is 8.86 Å². The van der Waals surface area contributed by atoms with Gasteiger partial charge in [-0.05, 0) is 0 Å². The van der Waals surface area contributed by atoms with Crippen LogP contribution in [-0.2, 0) is 9.59 Å². The molecule has 0 bridgehead atoms. The average molecular weight is 353 g/mol. The predicted molar refractivity (Wildman–Crippen MR) is 50.9 cm³/mol. The van der Waals surface area contributed by atoms with Gasteiger partial charge in [-0.2, -0.15) is 0 Å². The molecule has 0 aliphatic rings. The van der Waals surface area contributed by atoms with Crippen molar-refractivity contribution in [3.63, 3.8) is 0 Å². The summed E-state index contributed by atoms with van der Waals surface area (Å²) in [7, 11) is 0. The number of hydrogen-bond donors (Lipinski definition) is 1. The first-order valence-electron chi connectivity index (χ1n) is 2.15. The second-order valence-corrected chi connectivity index (χ2v) is 2.76. The van der Waals surface area contributed by atoms with Crippen molar-refractivity contribution in [1.29, 1.82) is 0 Å². The van der Waals surface area contributed by atoms with Gasteiger partial charge in [0.1, 0.15) is 0 Å². The summed E-state index contributed by atoms with van der Waals surface area (Å²) in [6, 6.07) is 0. The van der Waals surface area contributed by atoms with Crippen LogP contribution in [0.5, 0.6) is 0 Å². The molecule has 0 aliphatic heterocycles. The molecule has 1 N–H and O–H groups in total. The lowest BCUT2D eigenvalue weighted by molar-refractivity contribution is -0.127. The normalized spacial score (nSPS) is 8.67. The molecule has 0 aromatic rings. The van der Waals surface area contributed by atoms with Gasteiger partial charge in [-0.1, -0.05) is 45.2 Å². The summed E-state index contributed by atoms with van der Waals surface area (Å²) in [5.74, 6) is -0.450. The fourth-order valence-electron chi connectivity index (χ4n) is 0.222. The summed E-state index contributed by atoms with van der Waals surface area (Å²) in [6.07, 6.45) is 0. The molecule has 0 radical (unpaired) electrons. The minimum absolute atomic E-state index is 0.225. The van der Waals surface area contributed by atoms with Crippen LogP contribution in [0.4, 0.5) is 0 Å². The van der Waals surface area contributed by atoms with Crippen molar-refractivity contribution >= 4 is 57.0 Å². The van der Waals surface area contributed by atoms with Crippen LogP contribution in [-0.4, -0.2) is 20.7 Å². The molecule has 0 aromatic heterocycles. The summed E-state index contributed by atoms with van der Waals surface area (Å²) >= 11 is 3.79. The Morgan fingerprint density at radius 2 is 1.44 bits per heavy atom. The smallest absolute Gasteiger partial charge is 0.236 e. The van der Waals surface area contributed by atoms with E-state index >= 15 is 0 Å². The lowest BCUT2D eigenvalue weighted by Crippen LogP contribution is -2.31. The molecule has 0 saturated carbocycles. The summed E-state index contributed by atoms with van der Waals surface area (Å²) in [5, 5.41) is 2.19. The van der Waals surface area contributed by atoms with Crippen LogP contribution in [0.15, 0.2) is 0 Å². The van der Waals surface area contributed by atoms with Crippen LogP contribution >= 0.6 is 45.2 Å². The largest absolute Gasteiger partial charge is 0.295 e. The molecule has 0 rings (SSSR count). The Morgan fingerprint density at radius 3 is 1.67 bits per heavy atom. The zero-order chi connectivity index (χ0) is 7.28. The van der Waals surface area contributed by atoms with Crippen molar-refractivity contribution in [2.45, 2.75) is 0 Å². The van der Waals surface area contributed by atoms with Crippen molar-refractivity contribution in [2.24, 2.45) is 0 Å². The second kappa shape index (κ2) is 5.39. The van der Waals surface area contributed by atoms with E-state index in [0.717, 1.165) is 0 Å². The first-order chi connectivity index (χ1) is 4.20. The van der Waals surface area contributed by atoms with Crippen molar-refractivity contribution in [2.75, 3.05) is 8.86 Å². The highest BCUT2D eigenvalue weighted by Crippen LogP contribution is 1.82. The Morgan fingerprint density at radius 1 is 1.11 bits per heavy atom. The zero-order valence-electron chi connectivity index (χ0n) is 4.49. The molecule has 9 heavy (non-hydrogen) atoms. The molecule has 0 heterocycles. The maximum atomic E-state index is 10.4. The summed E-state index contributed by atoms with van der Waals surface area (Å²) < 4.78 is 0.667. The molecule has 0 unspecified atom stereocenters. The second-order valence-electron chi connectivity index (χ2n) is 1.24. The van der Waals surface area contributed by atoms with Gasteiger partial charge in [-0.25, -0.2) is 0 Å². The van der Waals surface area contributed by atoms with Gasteiger partial charge >= 0.3 is 0 Å². The lowest BCUT2D eigenvalue weighted by atomic mass is 10.6. The van der Waals surface area contributed by atoms with Gasteiger partial charge in [0.2, 0.25) is 11.8 Å². The van der Waals surface area contributed by atoms with Crippen LogP contribution in [0.3, 0.4) is 0 Å². The van der Waals surface area contributed by atoms with Crippen LogP contribution in [0.25, 0.3) is 0 Å². The number of alkyl halides is 2. The maximum absolute atomic E-state index is 10.4. The van der Waals surface area contributed by atoms with Gasteiger partial charge in [-0.3, -0.25) is 14.9 Å². The minimum atomic E-state index is -0.225. The number of imide groups is 1. The third-order valence-corrected chi connectivity index (χ3v) is 1.91. The third-order valence-electron chi connectivity index (χ3n) is 0.522. The van der Waals surface area contributed by atoms with E-state index in [4.69, 9.17) is 0 Å². The summed E-state index contributed by atoms with van der Waals surface area (Å²) in [5.41, 5.74) is 0. The van der Waals surface area contributed by atoms with E-state index in [9.17, 15) is 9.59 Å². The highest BCUT2D eigenvalue weighted by Gasteiger charge is 2.02. The van der Waals surface area contributed by atoms with Crippen LogP contribution in [0.2, 0.25) is 0 Å². The number of carbonyl (C=O) groups is 2. The number of nitrogens with one attached hydrogen (secondary N) is 1. The first-order valence-corrected chi connectivity index (χ1v) is 5.20. The summed E-state index contributed by atoms with van der Waals surface area (Å²) in [4.78, 5) is 20.9. The Bertz CT molecular complexity index is 112. The molecular weight excluding hydrogens is 348 g/mol. The highest BCUT2D eigenvalue weighted by atomic mass is 127. The standard InChI is InChI=1S/C4H5I2NO2/c5-1-3(8)7-4(9)2-6/h1-2H2,(H,7,8,9). The molecule has 52 valence electrons. The fraction of sp³-hybridized carbons (Fsp3) is 0.500. The molecule has 0 saturated heterocycles. The van der Waals surface area contributed by atoms with E-state index in [0.29, 0.717) is 8.86 Å². The Hall–Kier alpha value is 0.600. The molecule has 3 nitrogen and oxygen atoms in total. The van der Waals surface area contributed by atoms with E-state index in [-0.39, 0.29) is 11.8 Å². The lowest BCUT2D eigenvalue weighted by Gasteiger charge is -1.94. The molecule has 0 fully saturated rings. The quantitative estimate of drug-likeness (QED) is 0.581. The number of hydrogen-bond acceptors (Lipinski definition) is 2. The van der Waals surface area contributed by atoms with E-state index in [1.165, 1.54) is 0 Å². The first kappa shape index (κ1) is 9.60. The van der Waals surface area contributed by atoms with Crippen LogP contribution in [0.1, 0.15) is 0 Å². The number of amides is 2. The minimum Gasteiger partial charge on any atom is -0.295 e.